The maximum atomic E-state index is 12.7. The summed E-state index contributed by atoms with van der Waals surface area (Å²) in [5, 5.41) is 22.3. The minimum absolute atomic E-state index is 0.0454. The van der Waals surface area contributed by atoms with E-state index in [4.69, 9.17) is 24.0 Å². The summed E-state index contributed by atoms with van der Waals surface area (Å²) < 4.78 is 14.6. The molecule has 2 N–H and O–H groups in total. The molecule has 3 fully saturated rings. The van der Waals surface area contributed by atoms with Crippen LogP contribution in [0.2, 0.25) is 0 Å². The third kappa shape index (κ3) is 2.87. The van der Waals surface area contributed by atoms with Gasteiger partial charge >= 0.3 is 0 Å². The van der Waals surface area contributed by atoms with Gasteiger partial charge in [0.2, 0.25) is 0 Å². The van der Waals surface area contributed by atoms with E-state index in [2.05, 4.69) is 4.90 Å². The summed E-state index contributed by atoms with van der Waals surface area (Å²) in [5.74, 6) is 1.39. The molecule has 164 valence electrons. The lowest BCUT2D eigenvalue weighted by atomic mass is 9.49. The molecule has 2 aliphatic heterocycles. The Labute approximate surface area is 173 Å². The number of carbonyl (C=O) groups is 1. The minimum atomic E-state index is -5.39. The third-order valence-electron chi connectivity index (χ3n) is 7.56. The molecule has 5 aliphatic rings. The Balaban J connectivity index is 0.000000349. The number of ketones is 1. The van der Waals surface area contributed by atoms with Gasteiger partial charge in [-0.15, -0.1) is 0 Å². The van der Waals surface area contributed by atoms with Gasteiger partial charge < -0.3 is 34.2 Å². The minimum Gasteiger partial charge on any atom is -0.822 e. The Morgan fingerprint density at radius 2 is 1.93 bits per heavy atom. The first-order chi connectivity index (χ1) is 14.0. The highest BCUT2D eigenvalue weighted by Crippen LogP contribution is 2.64. The van der Waals surface area contributed by atoms with Crippen LogP contribution in [0.5, 0.6) is 11.5 Å². The fraction of sp³-hybridized carbons (Fsp3) is 0.650. The number of aliphatic hydroxyl groups is 1. The van der Waals surface area contributed by atoms with Crippen molar-refractivity contribution in [1.82, 2.24) is 4.90 Å². The highest BCUT2D eigenvalue weighted by Gasteiger charge is 2.73. The molecule has 2 bridgehead atoms. The average Bonchev–Trinajstić information content (AvgIpc) is 3.38. The first kappa shape index (κ1) is 20.4. The second-order valence-electron chi connectivity index (χ2n) is 9.16. The molecule has 4 atom stereocenters. The van der Waals surface area contributed by atoms with Crippen molar-refractivity contribution in [3.05, 3.63) is 23.3 Å². The smallest absolute Gasteiger partial charge is 0.174 e. The van der Waals surface area contributed by atoms with E-state index in [0.29, 0.717) is 18.6 Å². The molecule has 10 heteroatoms. The van der Waals surface area contributed by atoms with Crippen LogP contribution in [0.15, 0.2) is 12.1 Å². The summed E-state index contributed by atoms with van der Waals surface area (Å²) in [6, 6.07) is 3.69. The molecular formula is C20H23NO8P-3. The SMILES string of the molecule is O=C1CC[C@@]2(O)[C@H]3Cc4ccc(O)c5c4[C@@]2(CCN3CC2CC2)[C@H]1O5.O=P([O-])([O-])[O-]. The largest absolute Gasteiger partial charge is 0.822 e. The summed E-state index contributed by atoms with van der Waals surface area (Å²) in [6.07, 6.45) is 4.33. The molecule has 9 nitrogen and oxygen atoms in total. The molecule has 0 amide bonds. The molecule has 2 saturated carbocycles. The molecule has 1 aromatic rings. The molecule has 1 spiro atoms. The molecule has 0 aromatic heterocycles. The van der Waals surface area contributed by atoms with Gasteiger partial charge in [0.15, 0.2) is 23.4 Å². The van der Waals surface area contributed by atoms with Crippen molar-refractivity contribution < 1.29 is 39.0 Å². The average molecular weight is 436 g/mol. The van der Waals surface area contributed by atoms with E-state index < -0.39 is 24.9 Å². The summed E-state index contributed by atoms with van der Waals surface area (Å²) in [6.45, 7) is 1.95. The lowest BCUT2D eigenvalue weighted by Gasteiger charge is -2.62. The number of ether oxygens (including phenoxy) is 1. The molecule has 6 rings (SSSR count). The van der Waals surface area contributed by atoms with Crippen LogP contribution in [0.1, 0.15) is 43.2 Å². The van der Waals surface area contributed by atoms with Gasteiger partial charge in [-0.25, -0.2) is 0 Å². The van der Waals surface area contributed by atoms with Crippen molar-refractivity contribution in [2.24, 2.45) is 5.92 Å². The number of aromatic hydroxyl groups is 1. The quantitative estimate of drug-likeness (QED) is 0.538. The molecule has 30 heavy (non-hydrogen) atoms. The van der Waals surface area contributed by atoms with E-state index in [0.717, 1.165) is 43.0 Å². The van der Waals surface area contributed by atoms with Crippen molar-refractivity contribution in [2.45, 2.75) is 61.7 Å². The van der Waals surface area contributed by atoms with Gasteiger partial charge in [0.1, 0.15) is 0 Å². The molecule has 2 heterocycles. The summed E-state index contributed by atoms with van der Waals surface area (Å²) in [4.78, 5) is 40.8. The van der Waals surface area contributed by atoms with Gasteiger partial charge in [-0.05, 0) is 56.2 Å². The number of hydrogen-bond donors (Lipinski definition) is 2. The molecular weight excluding hydrogens is 413 g/mol. The van der Waals surface area contributed by atoms with Crippen molar-refractivity contribution in [2.75, 3.05) is 13.1 Å². The molecule has 0 unspecified atom stereocenters. The van der Waals surface area contributed by atoms with Gasteiger partial charge in [-0.3, -0.25) is 9.69 Å². The number of phenols is 1. The van der Waals surface area contributed by atoms with Crippen molar-refractivity contribution in [3.63, 3.8) is 0 Å². The van der Waals surface area contributed by atoms with E-state index in [-0.39, 0.29) is 17.6 Å². The highest BCUT2D eigenvalue weighted by molar-refractivity contribution is 7.40. The normalized spacial score (nSPS) is 36.5. The Kier molecular flexibility index (Phi) is 4.43. The van der Waals surface area contributed by atoms with E-state index in [9.17, 15) is 15.0 Å². The zero-order valence-electron chi connectivity index (χ0n) is 16.3. The summed E-state index contributed by atoms with van der Waals surface area (Å²) >= 11 is 0. The second kappa shape index (κ2) is 6.51. The summed E-state index contributed by atoms with van der Waals surface area (Å²) in [7, 11) is -5.39. The Morgan fingerprint density at radius 3 is 2.60 bits per heavy atom. The van der Waals surface area contributed by atoms with E-state index in [1.165, 1.54) is 12.8 Å². The maximum Gasteiger partial charge on any atom is 0.174 e. The van der Waals surface area contributed by atoms with Crippen LogP contribution < -0.4 is 19.4 Å². The van der Waals surface area contributed by atoms with E-state index in [1.807, 2.05) is 6.07 Å². The van der Waals surface area contributed by atoms with Crippen molar-refractivity contribution in [1.29, 1.82) is 0 Å². The van der Waals surface area contributed by atoms with Gasteiger partial charge in [0.25, 0.3) is 0 Å². The number of likely N-dealkylation sites (tertiary alicyclic amines) is 1. The van der Waals surface area contributed by atoms with Gasteiger partial charge in [-0.1, -0.05) is 6.07 Å². The van der Waals surface area contributed by atoms with Gasteiger partial charge in [-0.2, -0.15) is 7.82 Å². The summed E-state index contributed by atoms with van der Waals surface area (Å²) in [5.41, 5.74) is 0.454. The van der Waals surface area contributed by atoms with Crippen molar-refractivity contribution >= 4 is 13.6 Å². The number of rotatable bonds is 2. The zero-order chi connectivity index (χ0) is 21.5. The van der Waals surface area contributed by atoms with Crippen LogP contribution >= 0.6 is 7.82 Å². The van der Waals surface area contributed by atoms with Crippen LogP contribution in [0.25, 0.3) is 0 Å². The number of nitrogens with zero attached hydrogens (tertiary/aromatic N) is 1. The van der Waals surface area contributed by atoms with Crippen LogP contribution in [-0.2, 0) is 21.2 Å². The number of hydrogen-bond acceptors (Lipinski definition) is 9. The highest BCUT2D eigenvalue weighted by atomic mass is 31.2. The maximum absolute atomic E-state index is 12.7. The lowest BCUT2D eigenvalue weighted by molar-refractivity contribution is -0.432. The molecule has 3 aliphatic carbocycles. The molecule has 1 aromatic carbocycles. The fourth-order valence-electron chi connectivity index (χ4n) is 6.26. The predicted molar refractivity (Wildman–Crippen MR) is 97.4 cm³/mol. The monoisotopic (exact) mass is 436 g/mol. The zero-order valence-corrected chi connectivity index (χ0v) is 17.2. The molecule has 0 radical (unpaired) electrons. The number of piperidine rings is 1. The fourth-order valence-corrected chi connectivity index (χ4v) is 6.26. The van der Waals surface area contributed by atoms with Crippen LogP contribution in [0.4, 0.5) is 0 Å². The number of benzene rings is 1. The number of carbonyl (C=O) groups excluding carboxylic acids is 1. The number of phosphoric acid groups is 1. The van der Waals surface area contributed by atoms with Gasteiger partial charge in [0, 0.05) is 24.6 Å². The standard InChI is InChI=1S/C20H23NO4.H3O4P/c22-13-4-3-12-9-15-20(24)6-5-14(23)18-19(20,16(12)17(13)25-18)7-8-21(15)10-11-1-2-11;1-5(2,3)4/h3-4,11,15,18,22,24H,1-2,5-10H2;(H3,1,2,3,4)/p-3/t15-,18+,19+,20-;/m1./s1. The third-order valence-corrected chi connectivity index (χ3v) is 7.56. The van der Waals surface area contributed by atoms with Gasteiger partial charge in [0.05, 0.1) is 11.0 Å². The topological polar surface area (TPSA) is 156 Å². The Morgan fingerprint density at radius 1 is 1.23 bits per heavy atom. The van der Waals surface area contributed by atoms with Crippen LogP contribution in [0, 0.1) is 5.92 Å². The number of phenolic OH excluding ortho intramolecular Hbond substituents is 1. The first-order valence-corrected chi connectivity index (χ1v) is 11.7. The van der Waals surface area contributed by atoms with E-state index in [1.54, 1.807) is 6.07 Å². The Bertz CT molecular complexity index is 950. The lowest BCUT2D eigenvalue weighted by Crippen LogP contribution is -2.76. The number of Topliss-reactive ketones (excluding diaryl/α,β-unsaturated/α-hetero) is 1. The van der Waals surface area contributed by atoms with E-state index >= 15 is 0 Å². The van der Waals surface area contributed by atoms with Crippen LogP contribution in [0.3, 0.4) is 0 Å². The van der Waals surface area contributed by atoms with Crippen molar-refractivity contribution in [3.8, 4) is 11.5 Å². The van der Waals surface area contributed by atoms with Crippen LogP contribution in [-0.4, -0.2) is 51.7 Å². The second-order valence-corrected chi connectivity index (χ2v) is 10.1. The predicted octanol–water partition coefficient (Wildman–Crippen LogP) is -1.30. The first-order valence-electron chi connectivity index (χ1n) is 10.3. The molecule has 1 saturated heterocycles. The Hall–Kier alpha value is -1.48.